The molecule has 1 N–H and O–H groups in total. The molecular weight excluding hydrogens is 158 g/mol. The minimum Gasteiger partial charge on any atom is -0.464 e. The van der Waals surface area contributed by atoms with Gasteiger partial charge in [-0.1, -0.05) is 13.8 Å². The maximum absolute atomic E-state index is 11.0. The largest absolute Gasteiger partial charge is 0.464 e. The van der Waals surface area contributed by atoms with E-state index in [0.717, 1.165) is 0 Å². The molecule has 4 nitrogen and oxygen atoms in total. The van der Waals surface area contributed by atoms with E-state index in [4.69, 9.17) is 4.74 Å². The summed E-state index contributed by atoms with van der Waals surface area (Å²) in [5.74, 6) is -0.0758. The van der Waals surface area contributed by atoms with E-state index in [1.807, 2.05) is 13.8 Å². The molecule has 0 rings (SSSR count). The van der Waals surface area contributed by atoms with Crippen LogP contribution < -0.4 is 5.32 Å². The molecule has 0 aromatic carbocycles. The summed E-state index contributed by atoms with van der Waals surface area (Å²) in [6.07, 6.45) is 0.487. The van der Waals surface area contributed by atoms with Gasteiger partial charge in [-0.05, 0) is 12.8 Å². The van der Waals surface area contributed by atoms with Crippen molar-refractivity contribution >= 4 is 12.4 Å². The van der Waals surface area contributed by atoms with Gasteiger partial charge in [0.1, 0.15) is 6.04 Å². The van der Waals surface area contributed by atoms with Crippen LogP contribution in [0.25, 0.3) is 0 Å². The first kappa shape index (κ1) is 10.9. The highest BCUT2D eigenvalue weighted by atomic mass is 16.5. The van der Waals surface area contributed by atoms with Gasteiger partial charge >= 0.3 is 5.97 Å². The average Bonchev–Trinajstić information content (AvgIpc) is 2.00. The minimum atomic E-state index is -0.554. The van der Waals surface area contributed by atoms with Gasteiger partial charge < -0.3 is 10.1 Å². The first-order chi connectivity index (χ1) is 5.57. The molecule has 1 amide bonds. The van der Waals surface area contributed by atoms with Gasteiger partial charge in [-0.15, -0.1) is 0 Å². The number of carbonyl (C=O) groups excluding carboxylic acids is 2. The second-order valence-corrected chi connectivity index (χ2v) is 3.03. The molecule has 0 saturated carbocycles. The van der Waals surface area contributed by atoms with Crippen LogP contribution in [0, 0.1) is 5.92 Å². The van der Waals surface area contributed by atoms with Crippen molar-refractivity contribution in [3.05, 3.63) is 0 Å². The fraction of sp³-hybridized carbons (Fsp3) is 0.750. The lowest BCUT2D eigenvalue weighted by atomic mass is 10.2. The molecule has 0 heterocycles. The fourth-order valence-corrected chi connectivity index (χ4v) is 0.544. The maximum Gasteiger partial charge on any atom is 0.328 e. The lowest BCUT2D eigenvalue weighted by Crippen LogP contribution is -2.34. The van der Waals surface area contributed by atoms with Crippen molar-refractivity contribution in [1.29, 1.82) is 0 Å². The number of rotatable bonds is 5. The van der Waals surface area contributed by atoms with E-state index in [-0.39, 0.29) is 0 Å². The standard InChI is InChI=1S/C8H15NO3/c1-6(2)4-12-8(11)7(3)9-5-10/h5-7H,4H2,1-3H3,(H,9,10). The van der Waals surface area contributed by atoms with Crippen molar-refractivity contribution in [2.24, 2.45) is 5.92 Å². The second kappa shape index (κ2) is 5.57. The molecule has 70 valence electrons. The van der Waals surface area contributed by atoms with Crippen molar-refractivity contribution in [1.82, 2.24) is 5.32 Å². The Kier molecular flexibility index (Phi) is 5.08. The number of carbonyl (C=O) groups is 2. The van der Waals surface area contributed by atoms with Gasteiger partial charge in [0.25, 0.3) is 0 Å². The molecule has 0 aromatic heterocycles. The van der Waals surface area contributed by atoms with Crippen LogP contribution in [-0.4, -0.2) is 25.0 Å². The Balaban J connectivity index is 3.63. The van der Waals surface area contributed by atoms with Gasteiger partial charge in [0.2, 0.25) is 6.41 Å². The summed E-state index contributed by atoms with van der Waals surface area (Å²) in [5.41, 5.74) is 0. The highest BCUT2D eigenvalue weighted by Gasteiger charge is 2.12. The summed E-state index contributed by atoms with van der Waals surface area (Å²) in [6.45, 7) is 5.87. The minimum absolute atomic E-state index is 0.317. The van der Waals surface area contributed by atoms with E-state index in [0.29, 0.717) is 18.9 Å². The molecule has 0 fully saturated rings. The van der Waals surface area contributed by atoms with Crippen molar-refractivity contribution in [3.8, 4) is 0 Å². The molecule has 0 aromatic rings. The first-order valence-electron chi connectivity index (χ1n) is 3.94. The smallest absolute Gasteiger partial charge is 0.328 e. The Morgan fingerprint density at radius 1 is 1.50 bits per heavy atom. The van der Waals surface area contributed by atoms with Crippen LogP contribution in [0.2, 0.25) is 0 Å². The Labute approximate surface area is 72.3 Å². The van der Waals surface area contributed by atoms with E-state index >= 15 is 0 Å². The molecule has 0 bridgehead atoms. The molecule has 12 heavy (non-hydrogen) atoms. The number of nitrogens with one attached hydrogen (secondary N) is 1. The van der Waals surface area contributed by atoms with E-state index in [2.05, 4.69) is 5.32 Å². The van der Waals surface area contributed by atoms with Crippen LogP contribution in [0.1, 0.15) is 20.8 Å². The van der Waals surface area contributed by atoms with Crippen LogP contribution in [0.4, 0.5) is 0 Å². The number of hydrogen-bond donors (Lipinski definition) is 1. The van der Waals surface area contributed by atoms with Gasteiger partial charge in [0, 0.05) is 0 Å². The van der Waals surface area contributed by atoms with Crippen LogP contribution >= 0.6 is 0 Å². The summed E-state index contributed by atoms with van der Waals surface area (Å²) in [7, 11) is 0. The third-order valence-corrected chi connectivity index (χ3v) is 1.23. The number of hydrogen-bond acceptors (Lipinski definition) is 3. The van der Waals surface area contributed by atoms with Crippen molar-refractivity contribution in [3.63, 3.8) is 0 Å². The zero-order chi connectivity index (χ0) is 9.56. The summed E-state index contributed by atoms with van der Waals surface area (Å²) >= 11 is 0. The third kappa shape index (κ3) is 4.71. The van der Waals surface area contributed by atoms with E-state index in [1.54, 1.807) is 6.92 Å². The molecule has 0 aliphatic heterocycles. The Morgan fingerprint density at radius 2 is 2.08 bits per heavy atom. The quantitative estimate of drug-likeness (QED) is 0.481. The third-order valence-electron chi connectivity index (χ3n) is 1.23. The summed E-state index contributed by atoms with van der Waals surface area (Å²) in [5, 5.41) is 2.31. The lowest BCUT2D eigenvalue weighted by Gasteiger charge is -2.11. The van der Waals surface area contributed by atoms with Gasteiger partial charge in [0.15, 0.2) is 0 Å². The zero-order valence-corrected chi connectivity index (χ0v) is 7.66. The molecule has 4 heteroatoms. The second-order valence-electron chi connectivity index (χ2n) is 3.03. The molecule has 0 radical (unpaired) electrons. The summed E-state index contributed by atoms with van der Waals surface area (Å²) in [6, 6.07) is -0.554. The SMILES string of the molecule is CC(C)COC(=O)C(C)NC=O. The first-order valence-corrected chi connectivity index (χ1v) is 3.94. The van der Waals surface area contributed by atoms with E-state index in [9.17, 15) is 9.59 Å². The number of amides is 1. The number of ether oxygens (including phenoxy) is 1. The van der Waals surface area contributed by atoms with Crippen LogP contribution in [0.5, 0.6) is 0 Å². The van der Waals surface area contributed by atoms with Crippen LogP contribution in [-0.2, 0) is 14.3 Å². The molecule has 0 spiro atoms. The normalized spacial score (nSPS) is 12.3. The molecular formula is C8H15NO3. The van der Waals surface area contributed by atoms with Crippen molar-refractivity contribution < 1.29 is 14.3 Å². The van der Waals surface area contributed by atoms with Gasteiger partial charge in [-0.3, -0.25) is 4.79 Å². The van der Waals surface area contributed by atoms with Gasteiger partial charge in [-0.25, -0.2) is 4.79 Å². The van der Waals surface area contributed by atoms with E-state index < -0.39 is 12.0 Å². The lowest BCUT2D eigenvalue weighted by molar-refractivity contribution is -0.147. The molecule has 1 atom stereocenters. The molecule has 1 unspecified atom stereocenters. The monoisotopic (exact) mass is 173 g/mol. The Morgan fingerprint density at radius 3 is 2.50 bits per heavy atom. The average molecular weight is 173 g/mol. The van der Waals surface area contributed by atoms with Gasteiger partial charge in [-0.2, -0.15) is 0 Å². The zero-order valence-electron chi connectivity index (χ0n) is 7.66. The van der Waals surface area contributed by atoms with Crippen LogP contribution in [0.3, 0.4) is 0 Å². The molecule has 0 saturated heterocycles. The topological polar surface area (TPSA) is 55.4 Å². The predicted octanol–water partition coefficient (Wildman–Crippen LogP) is 0.320. The van der Waals surface area contributed by atoms with E-state index in [1.165, 1.54) is 0 Å². The summed E-state index contributed by atoms with van der Waals surface area (Å²) < 4.78 is 4.86. The maximum atomic E-state index is 11.0. The molecule has 0 aliphatic carbocycles. The molecule has 0 aliphatic rings. The fourth-order valence-electron chi connectivity index (χ4n) is 0.544. The Hall–Kier alpha value is -1.06. The number of esters is 1. The van der Waals surface area contributed by atoms with Crippen molar-refractivity contribution in [2.45, 2.75) is 26.8 Å². The van der Waals surface area contributed by atoms with Gasteiger partial charge in [0.05, 0.1) is 6.61 Å². The predicted molar refractivity (Wildman–Crippen MR) is 44.5 cm³/mol. The Bertz CT molecular complexity index is 156. The van der Waals surface area contributed by atoms with Crippen molar-refractivity contribution in [2.75, 3.05) is 6.61 Å². The summed E-state index contributed by atoms with van der Waals surface area (Å²) in [4.78, 5) is 20.9. The highest BCUT2D eigenvalue weighted by molar-refractivity contribution is 5.77. The highest BCUT2D eigenvalue weighted by Crippen LogP contribution is 1.94. The van der Waals surface area contributed by atoms with Crippen LogP contribution in [0.15, 0.2) is 0 Å².